The monoisotopic (exact) mass is 181 g/mol. The maximum Gasteiger partial charge on any atom is 0.154 e. The predicted octanol–water partition coefficient (Wildman–Crippen LogP) is 1.37. The van der Waals surface area contributed by atoms with Gasteiger partial charge in [-0.1, -0.05) is 27.0 Å². The van der Waals surface area contributed by atoms with Gasteiger partial charge in [-0.2, -0.15) is 0 Å². The minimum absolute atomic E-state index is 0.142. The molecule has 0 aromatic heterocycles. The van der Waals surface area contributed by atoms with Crippen molar-refractivity contribution in [3.8, 4) is 0 Å². The second-order valence-corrected chi connectivity index (χ2v) is 7.51. The fourth-order valence-corrected chi connectivity index (χ4v) is 2.97. The molecule has 1 aliphatic heterocycles. The van der Waals surface area contributed by atoms with Crippen LogP contribution in [0.1, 0.15) is 13.8 Å². The molecule has 0 N–H and O–H groups in total. The molecule has 1 heterocycles. The number of carbonyl (C=O) groups excluding carboxylic acids is 1. The van der Waals surface area contributed by atoms with E-state index in [0.29, 0.717) is 5.71 Å². The lowest BCUT2D eigenvalue weighted by Gasteiger charge is -2.31. The van der Waals surface area contributed by atoms with E-state index in [0.717, 1.165) is 6.54 Å². The van der Waals surface area contributed by atoms with Crippen LogP contribution >= 0.6 is 0 Å². The molecule has 0 bridgehead atoms. The zero-order chi connectivity index (χ0) is 9.35. The molecule has 1 aliphatic rings. The van der Waals surface area contributed by atoms with Crippen LogP contribution in [0.15, 0.2) is 17.6 Å². The van der Waals surface area contributed by atoms with Crippen molar-refractivity contribution < 1.29 is 4.79 Å². The largest absolute Gasteiger partial charge is 0.299 e. The molecule has 3 heteroatoms. The maximum atomic E-state index is 11.6. The van der Waals surface area contributed by atoms with Gasteiger partial charge in [0.15, 0.2) is 5.41 Å². The summed E-state index contributed by atoms with van der Waals surface area (Å²) in [5, 5.41) is 0.408. The summed E-state index contributed by atoms with van der Waals surface area (Å²) in [6.45, 7) is 10.7. The van der Waals surface area contributed by atoms with E-state index in [-0.39, 0.29) is 10.4 Å². The first-order chi connectivity index (χ1) is 5.49. The summed E-state index contributed by atoms with van der Waals surface area (Å²) in [5.41, 5.74) is 0.605. The van der Waals surface area contributed by atoms with E-state index in [2.05, 4.69) is 32.0 Å². The van der Waals surface area contributed by atoms with Crippen molar-refractivity contribution in [2.75, 3.05) is 6.54 Å². The third-order valence-corrected chi connectivity index (χ3v) is 6.28. The van der Waals surface area contributed by atoms with Crippen LogP contribution < -0.4 is 0 Å². The topological polar surface area (TPSA) is 29.4 Å². The molecule has 1 rings (SSSR count). The van der Waals surface area contributed by atoms with Crippen LogP contribution in [-0.4, -0.2) is 26.5 Å². The molecule has 0 fully saturated rings. The van der Waals surface area contributed by atoms with E-state index in [1.165, 1.54) is 0 Å². The molecule has 66 valence electrons. The number of hydrogen-bond acceptors (Lipinski definition) is 2. The van der Waals surface area contributed by atoms with E-state index in [9.17, 15) is 4.79 Å². The highest BCUT2D eigenvalue weighted by molar-refractivity contribution is 7.03. The van der Waals surface area contributed by atoms with E-state index < -0.39 is 8.80 Å². The SMILES string of the molecule is C=CC1=NCC(C)(C)[SiH](C)C1=O. The quantitative estimate of drug-likeness (QED) is 0.562. The van der Waals surface area contributed by atoms with Crippen LogP contribution in [0.5, 0.6) is 0 Å². The first-order valence-electron chi connectivity index (χ1n) is 4.20. The number of hydrogen-bond donors (Lipinski definition) is 0. The third kappa shape index (κ3) is 1.41. The molecular formula is C9H15NOSi. The fraction of sp³-hybridized carbons (Fsp3) is 0.556. The summed E-state index contributed by atoms with van der Waals surface area (Å²) >= 11 is 0. The smallest absolute Gasteiger partial charge is 0.154 e. The van der Waals surface area contributed by atoms with Gasteiger partial charge in [0, 0.05) is 6.54 Å². The lowest BCUT2D eigenvalue weighted by atomic mass is 10.2. The molecule has 2 nitrogen and oxygen atoms in total. The van der Waals surface area contributed by atoms with Crippen molar-refractivity contribution in [3.63, 3.8) is 0 Å². The van der Waals surface area contributed by atoms with Gasteiger partial charge in [-0.25, -0.2) is 0 Å². The minimum atomic E-state index is -1.31. The molecule has 0 spiro atoms. The number of allylic oxidation sites excluding steroid dienone is 1. The number of aliphatic imine (C=N–C) groups is 1. The highest BCUT2D eigenvalue weighted by atomic mass is 28.3. The number of nitrogens with zero attached hydrogens (tertiary/aromatic N) is 1. The Morgan fingerprint density at radius 2 is 2.25 bits per heavy atom. The van der Waals surface area contributed by atoms with Gasteiger partial charge in [0.2, 0.25) is 0 Å². The average molecular weight is 181 g/mol. The van der Waals surface area contributed by atoms with Crippen LogP contribution in [0.4, 0.5) is 0 Å². The number of rotatable bonds is 1. The van der Waals surface area contributed by atoms with Crippen molar-refractivity contribution in [2.45, 2.75) is 25.4 Å². The van der Waals surface area contributed by atoms with E-state index in [1.807, 2.05) is 0 Å². The minimum Gasteiger partial charge on any atom is -0.299 e. The standard InChI is InChI=1S/C9H15NOSi/c1-5-7-8(11)12(4)9(2,3)6-10-7/h5,12H,1,6H2,2-4H3. The Kier molecular flexibility index (Phi) is 2.33. The Morgan fingerprint density at radius 3 is 2.75 bits per heavy atom. The van der Waals surface area contributed by atoms with Gasteiger partial charge >= 0.3 is 0 Å². The maximum absolute atomic E-state index is 11.6. The van der Waals surface area contributed by atoms with Crippen molar-refractivity contribution in [2.24, 2.45) is 4.99 Å². The van der Waals surface area contributed by atoms with Gasteiger partial charge in [0.1, 0.15) is 8.80 Å². The first kappa shape index (κ1) is 9.39. The van der Waals surface area contributed by atoms with E-state index in [4.69, 9.17) is 0 Å². The van der Waals surface area contributed by atoms with Crippen LogP contribution in [0.25, 0.3) is 0 Å². The van der Waals surface area contributed by atoms with Crippen molar-refractivity contribution in [3.05, 3.63) is 12.7 Å². The molecule has 0 aromatic rings. The third-order valence-electron chi connectivity index (χ3n) is 2.67. The van der Waals surface area contributed by atoms with Crippen LogP contribution in [0.2, 0.25) is 11.6 Å². The predicted molar refractivity (Wildman–Crippen MR) is 54.6 cm³/mol. The Labute approximate surface area is 75.0 Å². The second kappa shape index (κ2) is 2.97. The Morgan fingerprint density at radius 1 is 1.67 bits per heavy atom. The summed E-state index contributed by atoms with van der Waals surface area (Å²) in [7, 11) is -1.31. The summed E-state index contributed by atoms with van der Waals surface area (Å²) in [4.78, 5) is 15.8. The molecular weight excluding hydrogens is 166 g/mol. The first-order valence-corrected chi connectivity index (χ1v) is 6.51. The van der Waals surface area contributed by atoms with Gasteiger partial charge in [-0.3, -0.25) is 9.79 Å². The molecule has 0 saturated heterocycles. The van der Waals surface area contributed by atoms with Gasteiger partial charge in [-0.05, 0) is 11.1 Å². The lowest BCUT2D eigenvalue weighted by Crippen LogP contribution is -2.43. The second-order valence-electron chi connectivity index (χ2n) is 3.98. The Bertz CT molecular complexity index is 255. The molecule has 0 aliphatic carbocycles. The van der Waals surface area contributed by atoms with Crippen molar-refractivity contribution in [1.29, 1.82) is 0 Å². The molecule has 0 aromatic carbocycles. The van der Waals surface area contributed by atoms with Gasteiger partial charge in [-0.15, -0.1) is 0 Å². The van der Waals surface area contributed by atoms with Gasteiger partial charge in [0.05, 0.1) is 5.71 Å². The molecule has 1 unspecified atom stereocenters. The summed E-state index contributed by atoms with van der Waals surface area (Å²) in [6, 6.07) is 0. The molecule has 0 saturated carbocycles. The van der Waals surface area contributed by atoms with Crippen molar-refractivity contribution in [1.82, 2.24) is 0 Å². The van der Waals surface area contributed by atoms with Crippen LogP contribution in [0, 0.1) is 0 Å². The van der Waals surface area contributed by atoms with E-state index in [1.54, 1.807) is 6.08 Å². The highest BCUT2D eigenvalue weighted by Crippen LogP contribution is 2.32. The molecule has 0 amide bonds. The summed E-state index contributed by atoms with van der Waals surface area (Å²) in [6.07, 6.45) is 1.58. The molecule has 1 atom stereocenters. The molecule has 12 heavy (non-hydrogen) atoms. The zero-order valence-electron chi connectivity index (χ0n) is 7.92. The number of carbonyl (C=O) groups is 1. The fourth-order valence-electron chi connectivity index (χ4n) is 1.25. The summed E-state index contributed by atoms with van der Waals surface area (Å²) < 4.78 is 0. The van der Waals surface area contributed by atoms with E-state index >= 15 is 0 Å². The Balaban J connectivity index is 2.99. The van der Waals surface area contributed by atoms with Gasteiger partial charge < -0.3 is 0 Å². The molecule has 0 radical (unpaired) electrons. The van der Waals surface area contributed by atoms with Gasteiger partial charge in [0.25, 0.3) is 0 Å². The normalized spacial score (nSPS) is 28.1. The highest BCUT2D eigenvalue weighted by Gasteiger charge is 2.37. The average Bonchev–Trinajstić information content (AvgIpc) is 2.01. The van der Waals surface area contributed by atoms with Crippen molar-refractivity contribution >= 4 is 19.9 Å². The Hall–Kier alpha value is -0.703. The lowest BCUT2D eigenvalue weighted by molar-refractivity contribution is -0.107. The zero-order valence-corrected chi connectivity index (χ0v) is 9.08. The van der Waals surface area contributed by atoms with Crippen LogP contribution in [0.3, 0.4) is 0 Å². The summed E-state index contributed by atoms with van der Waals surface area (Å²) in [5.74, 6) is 0. The van der Waals surface area contributed by atoms with Crippen LogP contribution in [-0.2, 0) is 4.79 Å².